The molecule has 0 fully saturated rings. The molecule has 0 aliphatic carbocycles. The lowest BCUT2D eigenvalue weighted by Crippen LogP contribution is -2.48. The Bertz CT molecular complexity index is 169. The average molecular weight is 230 g/mol. The Morgan fingerprint density at radius 3 is 1.88 bits per heavy atom. The number of hydrogen-bond donors (Lipinski definition) is 2. The lowest BCUT2D eigenvalue weighted by molar-refractivity contribution is 0.141. The highest BCUT2D eigenvalue weighted by atomic mass is 16.3. The minimum absolute atomic E-state index is 0.182. The summed E-state index contributed by atoms with van der Waals surface area (Å²) in [6.45, 7) is 15.4. The smallest absolute Gasteiger partial charge is 0.0597 e. The summed E-state index contributed by atoms with van der Waals surface area (Å²) >= 11 is 0. The van der Waals surface area contributed by atoms with Crippen molar-refractivity contribution in [2.45, 2.75) is 59.7 Å². The van der Waals surface area contributed by atoms with Crippen molar-refractivity contribution in [2.24, 2.45) is 5.92 Å². The summed E-state index contributed by atoms with van der Waals surface area (Å²) in [5.41, 5.74) is 0. The van der Waals surface area contributed by atoms with Gasteiger partial charge in [0, 0.05) is 31.2 Å². The number of rotatable bonds is 8. The standard InChI is InChI=1S/C13H30N2O/c1-10(2)7-15(12(5)6)8-13(9-16)14-11(3)4/h10-14,16H,7-9H2,1-6H3. The summed E-state index contributed by atoms with van der Waals surface area (Å²) < 4.78 is 0. The van der Waals surface area contributed by atoms with E-state index in [1.54, 1.807) is 0 Å². The van der Waals surface area contributed by atoms with E-state index in [0.717, 1.165) is 13.1 Å². The molecule has 0 radical (unpaired) electrons. The van der Waals surface area contributed by atoms with Gasteiger partial charge in [-0.2, -0.15) is 0 Å². The quantitative estimate of drug-likeness (QED) is 0.666. The molecule has 1 unspecified atom stereocenters. The van der Waals surface area contributed by atoms with Gasteiger partial charge in [-0.25, -0.2) is 0 Å². The van der Waals surface area contributed by atoms with Crippen LogP contribution < -0.4 is 5.32 Å². The zero-order valence-electron chi connectivity index (χ0n) is 11.8. The highest BCUT2D eigenvalue weighted by Gasteiger charge is 2.17. The number of nitrogens with zero attached hydrogens (tertiary/aromatic N) is 1. The lowest BCUT2D eigenvalue weighted by Gasteiger charge is -2.32. The second-order valence-corrected chi connectivity index (χ2v) is 5.64. The molecule has 0 amide bonds. The fourth-order valence-electron chi connectivity index (χ4n) is 1.88. The van der Waals surface area contributed by atoms with Crippen molar-refractivity contribution in [3.63, 3.8) is 0 Å². The molecule has 3 nitrogen and oxygen atoms in total. The van der Waals surface area contributed by atoms with Crippen LogP contribution in [0.2, 0.25) is 0 Å². The topological polar surface area (TPSA) is 35.5 Å². The predicted molar refractivity (Wildman–Crippen MR) is 70.7 cm³/mol. The van der Waals surface area contributed by atoms with Crippen LogP contribution in [0.15, 0.2) is 0 Å². The van der Waals surface area contributed by atoms with Crippen molar-refractivity contribution in [2.75, 3.05) is 19.7 Å². The fraction of sp³-hybridized carbons (Fsp3) is 1.00. The first-order valence-corrected chi connectivity index (χ1v) is 6.47. The van der Waals surface area contributed by atoms with Gasteiger partial charge in [-0.1, -0.05) is 27.7 Å². The Labute approximate surface area is 101 Å². The van der Waals surface area contributed by atoms with Crippen LogP contribution in [0.4, 0.5) is 0 Å². The van der Waals surface area contributed by atoms with E-state index in [4.69, 9.17) is 0 Å². The van der Waals surface area contributed by atoms with Crippen LogP contribution in [0.3, 0.4) is 0 Å². The van der Waals surface area contributed by atoms with Gasteiger partial charge in [0.25, 0.3) is 0 Å². The summed E-state index contributed by atoms with van der Waals surface area (Å²) in [5.74, 6) is 0.667. The molecule has 98 valence electrons. The molecule has 16 heavy (non-hydrogen) atoms. The normalized spacial score (nSPS) is 14.4. The molecule has 2 N–H and O–H groups in total. The third-order valence-corrected chi connectivity index (χ3v) is 2.57. The molecule has 0 aromatic carbocycles. The maximum atomic E-state index is 9.35. The van der Waals surface area contributed by atoms with E-state index < -0.39 is 0 Å². The SMILES string of the molecule is CC(C)CN(CC(CO)NC(C)C)C(C)C. The van der Waals surface area contributed by atoms with E-state index in [9.17, 15) is 5.11 Å². The first-order valence-electron chi connectivity index (χ1n) is 6.47. The molecule has 0 saturated carbocycles. The lowest BCUT2D eigenvalue weighted by atomic mass is 10.1. The minimum Gasteiger partial charge on any atom is -0.395 e. The summed E-state index contributed by atoms with van der Waals surface area (Å²) in [5, 5.41) is 12.7. The van der Waals surface area contributed by atoms with E-state index in [1.165, 1.54) is 0 Å². The highest BCUT2D eigenvalue weighted by Crippen LogP contribution is 2.05. The fourth-order valence-corrected chi connectivity index (χ4v) is 1.88. The Hall–Kier alpha value is -0.120. The van der Waals surface area contributed by atoms with Gasteiger partial charge in [0.1, 0.15) is 0 Å². The molecule has 0 spiro atoms. The Morgan fingerprint density at radius 2 is 1.56 bits per heavy atom. The summed E-state index contributed by atoms with van der Waals surface area (Å²) in [6.07, 6.45) is 0. The third kappa shape index (κ3) is 7.20. The van der Waals surface area contributed by atoms with Crippen molar-refractivity contribution in [3.05, 3.63) is 0 Å². The van der Waals surface area contributed by atoms with Gasteiger partial charge in [0.15, 0.2) is 0 Å². The Balaban J connectivity index is 4.23. The zero-order chi connectivity index (χ0) is 12.7. The van der Waals surface area contributed by atoms with Crippen molar-refractivity contribution in [3.8, 4) is 0 Å². The molecule has 3 heteroatoms. The Morgan fingerprint density at radius 1 is 1.00 bits per heavy atom. The van der Waals surface area contributed by atoms with Crippen molar-refractivity contribution in [1.82, 2.24) is 10.2 Å². The maximum absolute atomic E-state index is 9.35. The van der Waals surface area contributed by atoms with Gasteiger partial charge < -0.3 is 10.4 Å². The largest absolute Gasteiger partial charge is 0.395 e. The monoisotopic (exact) mass is 230 g/mol. The van der Waals surface area contributed by atoms with Gasteiger partial charge in [-0.05, 0) is 19.8 Å². The van der Waals surface area contributed by atoms with Gasteiger partial charge in [0.2, 0.25) is 0 Å². The molecule has 0 saturated heterocycles. The van der Waals surface area contributed by atoms with E-state index in [1.807, 2.05) is 0 Å². The second kappa shape index (κ2) is 8.04. The summed E-state index contributed by atoms with van der Waals surface area (Å²) in [6, 6.07) is 1.14. The van der Waals surface area contributed by atoms with Crippen LogP contribution in [-0.4, -0.2) is 47.8 Å². The van der Waals surface area contributed by atoms with Crippen LogP contribution in [-0.2, 0) is 0 Å². The molecule has 0 aliphatic heterocycles. The first-order chi connectivity index (χ1) is 7.36. The van der Waals surface area contributed by atoms with E-state index in [-0.39, 0.29) is 12.6 Å². The molecule has 0 rings (SSSR count). The van der Waals surface area contributed by atoms with Crippen molar-refractivity contribution >= 4 is 0 Å². The van der Waals surface area contributed by atoms with Gasteiger partial charge in [-0.3, -0.25) is 4.90 Å². The summed E-state index contributed by atoms with van der Waals surface area (Å²) in [4.78, 5) is 2.43. The zero-order valence-corrected chi connectivity index (χ0v) is 11.8. The minimum atomic E-state index is 0.182. The van der Waals surface area contributed by atoms with Crippen LogP contribution in [0, 0.1) is 5.92 Å². The molecule has 0 bridgehead atoms. The number of aliphatic hydroxyl groups is 1. The predicted octanol–water partition coefficient (Wildman–Crippen LogP) is 1.71. The Kier molecular flexibility index (Phi) is 7.98. The van der Waals surface area contributed by atoms with Crippen molar-refractivity contribution in [1.29, 1.82) is 0 Å². The molecule has 0 aliphatic rings. The molecule has 0 aromatic rings. The number of aliphatic hydroxyl groups excluding tert-OH is 1. The van der Waals surface area contributed by atoms with Crippen LogP contribution in [0.5, 0.6) is 0 Å². The molecular formula is C13H30N2O. The second-order valence-electron chi connectivity index (χ2n) is 5.64. The van der Waals surface area contributed by atoms with Gasteiger partial charge >= 0.3 is 0 Å². The van der Waals surface area contributed by atoms with E-state index in [0.29, 0.717) is 18.0 Å². The summed E-state index contributed by atoms with van der Waals surface area (Å²) in [7, 11) is 0. The third-order valence-electron chi connectivity index (χ3n) is 2.57. The molecule has 0 heterocycles. The maximum Gasteiger partial charge on any atom is 0.0597 e. The van der Waals surface area contributed by atoms with Crippen LogP contribution in [0.25, 0.3) is 0 Å². The van der Waals surface area contributed by atoms with E-state index in [2.05, 4.69) is 51.8 Å². The number of hydrogen-bond acceptors (Lipinski definition) is 3. The highest BCUT2D eigenvalue weighted by molar-refractivity contribution is 4.75. The number of nitrogens with one attached hydrogen (secondary N) is 1. The van der Waals surface area contributed by atoms with Crippen molar-refractivity contribution < 1.29 is 5.11 Å². The molecule has 0 aromatic heterocycles. The molecular weight excluding hydrogens is 200 g/mol. The van der Waals surface area contributed by atoms with Gasteiger partial charge in [-0.15, -0.1) is 0 Å². The average Bonchev–Trinajstić information content (AvgIpc) is 2.13. The van der Waals surface area contributed by atoms with Gasteiger partial charge in [0.05, 0.1) is 6.61 Å². The first kappa shape index (κ1) is 15.9. The van der Waals surface area contributed by atoms with Crippen LogP contribution in [0.1, 0.15) is 41.5 Å². The van der Waals surface area contributed by atoms with E-state index >= 15 is 0 Å². The molecule has 1 atom stereocenters. The van der Waals surface area contributed by atoms with Crippen LogP contribution >= 0.6 is 0 Å².